The number of hydrogen-bond acceptors (Lipinski definition) is 2. The quantitative estimate of drug-likeness (QED) is 0.571. The van der Waals surface area contributed by atoms with Crippen LogP contribution in [0, 0.1) is 23.3 Å². The Hall–Kier alpha value is -1.99. The van der Waals surface area contributed by atoms with Crippen molar-refractivity contribution in [2.45, 2.75) is 45.1 Å². The molecule has 1 saturated heterocycles. The molecular weight excluding hydrogens is 379 g/mol. The highest BCUT2D eigenvalue weighted by molar-refractivity contribution is 5.66. The average Bonchev–Trinajstić information content (AvgIpc) is 2.68. The Morgan fingerprint density at radius 3 is 2.00 bits per heavy atom. The molecule has 152 valence electrons. The van der Waals surface area contributed by atoms with Gasteiger partial charge in [0.25, 0.3) is 0 Å². The third-order valence-electron chi connectivity index (χ3n) is 4.88. The Morgan fingerprint density at radius 2 is 1.43 bits per heavy atom. The van der Waals surface area contributed by atoms with Crippen molar-refractivity contribution < 1.29 is 31.4 Å². The molecule has 2 nitrogen and oxygen atoms in total. The number of rotatable bonds is 5. The summed E-state index contributed by atoms with van der Waals surface area (Å²) in [4.78, 5) is 0. The summed E-state index contributed by atoms with van der Waals surface area (Å²) >= 11 is 0. The van der Waals surface area contributed by atoms with Gasteiger partial charge in [0.1, 0.15) is 0 Å². The molecule has 1 aliphatic rings. The second kappa shape index (κ2) is 8.17. The van der Waals surface area contributed by atoms with Crippen molar-refractivity contribution in [3.8, 4) is 11.1 Å². The molecule has 1 aliphatic heterocycles. The lowest BCUT2D eigenvalue weighted by Gasteiger charge is -2.34. The molecule has 0 spiro atoms. The number of benzene rings is 2. The van der Waals surface area contributed by atoms with Gasteiger partial charge in [0.15, 0.2) is 35.2 Å². The fourth-order valence-electron chi connectivity index (χ4n) is 3.34. The minimum absolute atomic E-state index is 0.143. The maximum Gasteiger partial charge on any atom is 0.187 e. The Kier molecular flexibility index (Phi) is 6.05. The predicted octanol–water partition coefficient (Wildman–Crippen LogP) is 6.03. The van der Waals surface area contributed by atoms with Crippen molar-refractivity contribution in [3.63, 3.8) is 0 Å². The van der Waals surface area contributed by atoms with Crippen LogP contribution in [-0.2, 0) is 15.9 Å². The summed E-state index contributed by atoms with van der Waals surface area (Å²) in [5.74, 6) is -4.97. The predicted molar refractivity (Wildman–Crippen MR) is 94.5 cm³/mol. The molecule has 7 heteroatoms. The normalized spacial score (nSPS) is 22.5. The summed E-state index contributed by atoms with van der Waals surface area (Å²) < 4.78 is 82.4. The van der Waals surface area contributed by atoms with Gasteiger partial charge < -0.3 is 9.47 Å². The average molecular weight is 400 g/mol. The summed E-state index contributed by atoms with van der Waals surface area (Å²) in [5, 5.41) is 0. The molecule has 0 N–H and O–H groups in total. The minimum atomic E-state index is -1.66. The zero-order valence-electron chi connectivity index (χ0n) is 15.6. The number of halogens is 5. The number of ether oxygens (including phenoxy) is 2. The molecule has 1 heterocycles. The molecule has 0 atom stereocenters. The SMILES string of the molecule is CCCC1(F)COC(c2ccc(-c3ccc(CC)c(F)c3F)c(F)c2F)OC1. The van der Waals surface area contributed by atoms with Crippen molar-refractivity contribution in [1.29, 1.82) is 0 Å². The first-order chi connectivity index (χ1) is 13.3. The molecule has 2 aromatic carbocycles. The van der Waals surface area contributed by atoms with Gasteiger partial charge >= 0.3 is 0 Å². The highest BCUT2D eigenvalue weighted by Gasteiger charge is 2.38. The standard InChI is InChI=1S/C21H21F5O2/c1-3-9-21(26)10-27-20(28-11-21)15-8-7-14(18(24)19(15)25)13-6-5-12(4-2)16(22)17(13)23/h5-8,20H,3-4,9-11H2,1-2H3. The Labute approximate surface area is 160 Å². The molecular formula is C21H21F5O2. The third kappa shape index (κ3) is 3.78. The van der Waals surface area contributed by atoms with E-state index in [0.29, 0.717) is 6.42 Å². The molecule has 2 aromatic rings. The lowest BCUT2D eigenvalue weighted by atomic mass is 9.98. The fourth-order valence-corrected chi connectivity index (χ4v) is 3.34. The molecule has 1 fully saturated rings. The van der Waals surface area contributed by atoms with Gasteiger partial charge in [0.05, 0.1) is 13.2 Å². The van der Waals surface area contributed by atoms with Crippen LogP contribution in [0.2, 0.25) is 0 Å². The summed E-state index contributed by atoms with van der Waals surface area (Å²) in [6.45, 7) is 2.87. The number of aryl methyl sites for hydroxylation is 1. The van der Waals surface area contributed by atoms with Crippen LogP contribution in [0.15, 0.2) is 24.3 Å². The Morgan fingerprint density at radius 1 is 0.857 bits per heavy atom. The van der Waals surface area contributed by atoms with Gasteiger partial charge in [-0.3, -0.25) is 0 Å². The van der Waals surface area contributed by atoms with Crippen LogP contribution >= 0.6 is 0 Å². The van der Waals surface area contributed by atoms with Crippen molar-refractivity contribution in [3.05, 3.63) is 58.7 Å². The van der Waals surface area contributed by atoms with E-state index in [1.807, 2.05) is 6.92 Å². The van der Waals surface area contributed by atoms with E-state index in [0.717, 1.165) is 6.07 Å². The molecule has 0 bridgehead atoms. The maximum absolute atomic E-state index is 14.6. The minimum Gasteiger partial charge on any atom is -0.345 e. The molecule has 0 saturated carbocycles. The number of alkyl halides is 1. The van der Waals surface area contributed by atoms with Crippen LogP contribution in [0.1, 0.15) is 44.1 Å². The van der Waals surface area contributed by atoms with E-state index in [4.69, 9.17) is 9.47 Å². The first kappa shape index (κ1) is 20.7. The zero-order chi connectivity index (χ0) is 20.5. The van der Waals surface area contributed by atoms with Crippen LogP contribution in [0.3, 0.4) is 0 Å². The molecule has 0 unspecified atom stereocenters. The van der Waals surface area contributed by atoms with E-state index in [1.54, 1.807) is 6.92 Å². The first-order valence-electron chi connectivity index (χ1n) is 9.18. The van der Waals surface area contributed by atoms with E-state index in [2.05, 4.69) is 0 Å². The summed E-state index contributed by atoms with van der Waals surface area (Å²) in [5.41, 5.74) is -2.58. The van der Waals surface area contributed by atoms with Gasteiger partial charge in [-0.1, -0.05) is 44.5 Å². The van der Waals surface area contributed by atoms with E-state index in [9.17, 15) is 22.0 Å². The third-order valence-corrected chi connectivity index (χ3v) is 4.88. The van der Waals surface area contributed by atoms with Crippen molar-refractivity contribution in [2.24, 2.45) is 0 Å². The van der Waals surface area contributed by atoms with Crippen molar-refractivity contribution >= 4 is 0 Å². The molecule has 0 aromatic heterocycles. The van der Waals surface area contributed by atoms with Crippen molar-refractivity contribution in [2.75, 3.05) is 13.2 Å². The summed E-state index contributed by atoms with van der Waals surface area (Å²) in [7, 11) is 0. The highest BCUT2D eigenvalue weighted by Crippen LogP contribution is 2.36. The Balaban J connectivity index is 1.90. The van der Waals surface area contributed by atoms with Gasteiger partial charge in [-0.2, -0.15) is 0 Å². The van der Waals surface area contributed by atoms with Gasteiger partial charge in [0.2, 0.25) is 0 Å². The van der Waals surface area contributed by atoms with Gasteiger partial charge in [-0.15, -0.1) is 0 Å². The van der Waals surface area contributed by atoms with E-state index >= 15 is 0 Å². The highest BCUT2D eigenvalue weighted by atomic mass is 19.2. The van der Waals surface area contributed by atoms with Crippen LogP contribution in [0.25, 0.3) is 11.1 Å². The molecule has 28 heavy (non-hydrogen) atoms. The van der Waals surface area contributed by atoms with Gasteiger partial charge in [0, 0.05) is 16.7 Å². The van der Waals surface area contributed by atoms with Crippen LogP contribution < -0.4 is 0 Å². The lowest BCUT2D eigenvalue weighted by molar-refractivity contribution is -0.240. The van der Waals surface area contributed by atoms with E-state index in [-0.39, 0.29) is 42.7 Å². The van der Waals surface area contributed by atoms with Crippen molar-refractivity contribution in [1.82, 2.24) is 0 Å². The van der Waals surface area contributed by atoms with E-state index in [1.165, 1.54) is 18.2 Å². The van der Waals surface area contributed by atoms with Gasteiger partial charge in [-0.05, 0) is 18.4 Å². The monoisotopic (exact) mass is 400 g/mol. The second-order valence-electron chi connectivity index (χ2n) is 6.94. The zero-order valence-corrected chi connectivity index (χ0v) is 15.6. The molecule has 0 aliphatic carbocycles. The van der Waals surface area contributed by atoms with E-state index < -0.39 is 40.8 Å². The lowest BCUT2D eigenvalue weighted by Crippen LogP contribution is -2.41. The molecule has 3 rings (SSSR count). The largest absolute Gasteiger partial charge is 0.345 e. The first-order valence-corrected chi connectivity index (χ1v) is 9.18. The number of hydrogen-bond donors (Lipinski definition) is 0. The topological polar surface area (TPSA) is 18.5 Å². The smallest absolute Gasteiger partial charge is 0.187 e. The van der Waals surface area contributed by atoms with Gasteiger partial charge in [-0.25, -0.2) is 22.0 Å². The molecule has 0 radical (unpaired) electrons. The Bertz CT molecular complexity index is 860. The van der Waals surface area contributed by atoms with Crippen LogP contribution in [-0.4, -0.2) is 18.9 Å². The van der Waals surface area contributed by atoms with Crippen LogP contribution in [0.5, 0.6) is 0 Å². The summed E-state index contributed by atoms with van der Waals surface area (Å²) in [6, 6.07) is 4.85. The summed E-state index contributed by atoms with van der Waals surface area (Å²) in [6.07, 6.45) is -0.185. The molecule has 0 amide bonds. The fraction of sp³-hybridized carbons (Fsp3) is 0.429. The second-order valence-corrected chi connectivity index (χ2v) is 6.94. The van der Waals surface area contributed by atoms with Crippen LogP contribution in [0.4, 0.5) is 22.0 Å². The maximum atomic E-state index is 14.6.